The summed E-state index contributed by atoms with van der Waals surface area (Å²) in [6, 6.07) is 5.44. The van der Waals surface area contributed by atoms with Crippen LogP contribution in [0.3, 0.4) is 0 Å². The molecule has 1 unspecified atom stereocenters. The molecule has 2 aliphatic rings. The van der Waals surface area contributed by atoms with E-state index in [0.717, 1.165) is 41.2 Å². The van der Waals surface area contributed by atoms with Crippen LogP contribution in [-0.2, 0) is 16.6 Å². The van der Waals surface area contributed by atoms with Crippen LogP contribution in [0, 0.1) is 0 Å². The maximum Gasteiger partial charge on any atom is 0.336 e. The summed E-state index contributed by atoms with van der Waals surface area (Å²) in [6.45, 7) is 3.99. The lowest BCUT2D eigenvalue weighted by molar-refractivity contribution is -0.138. The van der Waals surface area contributed by atoms with Crippen LogP contribution >= 0.6 is 23.2 Å². The fourth-order valence-electron chi connectivity index (χ4n) is 4.66. The van der Waals surface area contributed by atoms with Crippen molar-refractivity contribution in [3.8, 4) is 0 Å². The molecule has 0 radical (unpaired) electrons. The summed E-state index contributed by atoms with van der Waals surface area (Å²) in [7, 11) is 1.93. The highest BCUT2D eigenvalue weighted by molar-refractivity contribution is 6.36. The molecule has 1 N–H and O–H groups in total. The van der Waals surface area contributed by atoms with Gasteiger partial charge in [-0.3, -0.25) is 4.68 Å². The third-order valence-electron chi connectivity index (χ3n) is 5.93. The highest BCUT2D eigenvalue weighted by Crippen LogP contribution is 2.50. The van der Waals surface area contributed by atoms with E-state index in [1.165, 1.54) is 12.8 Å². The SMILES string of the molecule is CCOC(=O)C1=C(C)Nc2c(c(C3CCCC3)nn2C)C1c1c(Cl)cccc1Cl. The molecule has 29 heavy (non-hydrogen) atoms. The first kappa shape index (κ1) is 20.3. The van der Waals surface area contributed by atoms with Crippen molar-refractivity contribution in [2.75, 3.05) is 11.9 Å². The maximum absolute atomic E-state index is 13.0. The number of benzene rings is 1. The molecule has 4 rings (SSSR count). The number of nitrogens with one attached hydrogen (secondary N) is 1. The predicted molar refractivity (Wildman–Crippen MR) is 116 cm³/mol. The quantitative estimate of drug-likeness (QED) is 0.620. The molecule has 5 nitrogen and oxygen atoms in total. The number of ether oxygens (including phenoxy) is 1. The zero-order valence-electron chi connectivity index (χ0n) is 16.9. The van der Waals surface area contributed by atoms with Crippen LogP contribution in [0.25, 0.3) is 0 Å². The number of hydrogen-bond donors (Lipinski definition) is 1. The van der Waals surface area contributed by atoms with Crippen LogP contribution in [0.15, 0.2) is 29.5 Å². The molecule has 1 aliphatic heterocycles. The van der Waals surface area contributed by atoms with E-state index in [2.05, 4.69) is 5.32 Å². The van der Waals surface area contributed by atoms with Crippen molar-refractivity contribution in [3.63, 3.8) is 0 Å². The highest BCUT2D eigenvalue weighted by atomic mass is 35.5. The normalized spacial score (nSPS) is 19.3. The second kappa shape index (κ2) is 8.04. The monoisotopic (exact) mass is 433 g/mol. The lowest BCUT2D eigenvalue weighted by atomic mass is 9.79. The average molecular weight is 434 g/mol. The van der Waals surface area contributed by atoms with Crippen molar-refractivity contribution < 1.29 is 9.53 Å². The van der Waals surface area contributed by atoms with Gasteiger partial charge in [-0.1, -0.05) is 42.1 Å². The van der Waals surface area contributed by atoms with Gasteiger partial charge in [-0.25, -0.2) is 4.79 Å². The predicted octanol–water partition coefficient (Wildman–Crippen LogP) is 5.78. The Balaban J connectivity index is 1.99. The molecule has 154 valence electrons. The van der Waals surface area contributed by atoms with E-state index >= 15 is 0 Å². The Kier molecular flexibility index (Phi) is 5.63. The molecule has 1 aromatic carbocycles. The van der Waals surface area contributed by atoms with Gasteiger partial charge in [0.15, 0.2) is 0 Å². The van der Waals surface area contributed by atoms with E-state index in [0.29, 0.717) is 28.1 Å². The molecule has 1 aliphatic carbocycles. The fraction of sp³-hybridized carbons (Fsp3) is 0.455. The molecule has 0 spiro atoms. The lowest BCUT2D eigenvalue weighted by Gasteiger charge is -2.30. The summed E-state index contributed by atoms with van der Waals surface area (Å²) in [5.41, 5.74) is 4.03. The second-order valence-electron chi connectivity index (χ2n) is 7.71. The van der Waals surface area contributed by atoms with Crippen LogP contribution < -0.4 is 5.32 Å². The van der Waals surface area contributed by atoms with Gasteiger partial charge in [-0.15, -0.1) is 0 Å². The molecular weight excluding hydrogens is 409 g/mol. The molecule has 1 atom stereocenters. The minimum atomic E-state index is -0.421. The Labute approximate surface area is 181 Å². The zero-order valence-corrected chi connectivity index (χ0v) is 18.4. The van der Waals surface area contributed by atoms with Gasteiger partial charge in [0.25, 0.3) is 0 Å². The van der Waals surface area contributed by atoms with Crippen molar-refractivity contribution in [1.82, 2.24) is 9.78 Å². The third kappa shape index (κ3) is 3.44. The summed E-state index contributed by atoms with van der Waals surface area (Å²) >= 11 is 13.3. The number of hydrogen-bond acceptors (Lipinski definition) is 4. The van der Waals surface area contributed by atoms with E-state index in [-0.39, 0.29) is 5.97 Å². The third-order valence-corrected chi connectivity index (χ3v) is 6.58. The molecule has 1 fully saturated rings. The van der Waals surface area contributed by atoms with E-state index in [4.69, 9.17) is 33.0 Å². The summed E-state index contributed by atoms with van der Waals surface area (Å²) < 4.78 is 7.29. The molecule has 7 heteroatoms. The van der Waals surface area contributed by atoms with Crippen molar-refractivity contribution in [2.45, 2.75) is 51.4 Å². The largest absolute Gasteiger partial charge is 0.463 e. The molecular formula is C22H25Cl2N3O2. The molecule has 2 aromatic rings. The molecule has 0 saturated heterocycles. The molecule has 0 bridgehead atoms. The number of carbonyl (C=O) groups is 1. The van der Waals surface area contributed by atoms with Crippen molar-refractivity contribution in [2.24, 2.45) is 7.05 Å². The number of allylic oxidation sites excluding steroid dienone is 1. The van der Waals surface area contributed by atoms with Crippen LogP contribution in [-0.4, -0.2) is 22.4 Å². The number of aromatic nitrogens is 2. The van der Waals surface area contributed by atoms with Gasteiger partial charge in [0.05, 0.1) is 23.8 Å². The summed E-state index contributed by atoms with van der Waals surface area (Å²) in [6.07, 6.45) is 4.59. The number of anilines is 1. The van der Waals surface area contributed by atoms with Crippen LogP contribution in [0.1, 0.15) is 68.2 Å². The van der Waals surface area contributed by atoms with Crippen molar-refractivity contribution >= 4 is 35.0 Å². The smallest absolute Gasteiger partial charge is 0.336 e. The minimum absolute atomic E-state index is 0.300. The molecule has 1 aromatic heterocycles. The average Bonchev–Trinajstić information content (AvgIpc) is 3.30. The van der Waals surface area contributed by atoms with E-state index < -0.39 is 5.92 Å². The van der Waals surface area contributed by atoms with Crippen molar-refractivity contribution in [1.29, 1.82) is 0 Å². The standard InChI is InChI=1S/C22H25Cl2N3O2/c1-4-29-22(28)16-12(2)25-21-19(18(16)17-14(23)10-7-11-15(17)24)20(26-27(21)3)13-8-5-6-9-13/h7,10-11,13,18,25H,4-6,8-9H2,1-3H3. The Morgan fingerprint density at radius 3 is 2.52 bits per heavy atom. The first-order valence-corrected chi connectivity index (χ1v) is 10.8. The summed E-state index contributed by atoms with van der Waals surface area (Å²) in [5.74, 6) is 0.483. The summed E-state index contributed by atoms with van der Waals surface area (Å²) in [5, 5.41) is 9.33. The Morgan fingerprint density at radius 1 is 1.24 bits per heavy atom. The summed E-state index contributed by atoms with van der Waals surface area (Å²) in [4.78, 5) is 13.0. The fourth-order valence-corrected chi connectivity index (χ4v) is 5.27. The van der Waals surface area contributed by atoms with E-state index in [1.807, 2.05) is 36.9 Å². The first-order chi connectivity index (χ1) is 13.9. The van der Waals surface area contributed by atoms with E-state index in [9.17, 15) is 4.79 Å². The first-order valence-electron chi connectivity index (χ1n) is 10.1. The second-order valence-corrected chi connectivity index (χ2v) is 8.52. The van der Waals surface area contributed by atoms with Gasteiger partial charge < -0.3 is 10.1 Å². The lowest BCUT2D eigenvalue weighted by Crippen LogP contribution is -2.26. The molecule has 2 heterocycles. The highest BCUT2D eigenvalue weighted by Gasteiger charge is 2.41. The van der Waals surface area contributed by atoms with Gasteiger partial charge in [0.2, 0.25) is 0 Å². The van der Waals surface area contributed by atoms with Crippen LogP contribution in [0.4, 0.5) is 5.82 Å². The number of fused-ring (bicyclic) bond motifs is 1. The Morgan fingerprint density at radius 2 is 1.90 bits per heavy atom. The molecule has 0 amide bonds. The number of carbonyl (C=O) groups excluding carboxylic acids is 1. The number of aryl methyl sites for hydroxylation is 1. The maximum atomic E-state index is 13.0. The van der Waals surface area contributed by atoms with Gasteiger partial charge >= 0.3 is 5.97 Å². The topological polar surface area (TPSA) is 56.1 Å². The van der Waals surface area contributed by atoms with Crippen LogP contribution in [0.2, 0.25) is 10.0 Å². The number of esters is 1. The van der Waals surface area contributed by atoms with Crippen molar-refractivity contribution in [3.05, 3.63) is 56.3 Å². The van der Waals surface area contributed by atoms with Crippen LogP contribution in [0.5, 0.6) is 0 Å². The number of nitrogens with zero attached hydrogens (tertiary/aromatic N) is 2. The van der Waals surface area contributed by atoms with Gasteiger partial charge in [-0.2, -0.15) is 5.10 Å². The zero-order chi connectivity index (χ0) is 20.7. The number of rotatable bonds is 4. The number of halogens is 2. The van der Waals surface area contributed by atoms with E-state index in [1.54, 1.807) is 6.92 Å². The van der Waals surface area contributed by atoms with Gasteiger partial charge in [0.1, 0.15) is 5.82 Å². The van der Waals surface area contributed by atoms with Gasteiger partial charge in [0, 0.05) is 39.8 Å². The molecule has 1 saturated carbocycles. The Hall–Kier alpha value is -1.98. The minimum Gasteiger partial charge on any atom is -0.463 e. The van der Waals surface area contributed by atoms with Gasteiger partial charge in [-0.05, 0) is 38.8 Å². The Bertz CT molecular complexity index is 970.